The number of amides is 1. The van der Waals surface area contributed by atoms with Crippen molar-refractivity contribution >= 4 is 23.3 Å². The highest BCUT2D eigenvalue weighted by Gasteiger charge is 2.07. The number of nitrogens with one attached hydrogen (secondary N) is 1. The fourth-order valence-corrected chi connectivity index (χ4v) is 1.45. The van der Waals surface area contributed by atoms with E-state index in [-0.39, 0.29) is 5.78 Å². The van der Waals surface area contributed by atoms with Crippen molar-refractivity contribution in [1.82, 2.24) is 4.90 Å². The molecule has 0 saturated heterocycles. The minimum absolute atomic E-state index is 0.0151. The Morgan fingerprint density at radius 2 is 1.75 bits per heavy atom. The zero-order valence-electron chi connectivity index (χ0n) is 11.3. The van der Waals surface area contributed by atoms with Gasteiger partial charge in [-0.3, -0.25) is 9.59 Å². The summed E-state index contributed by atoms with van der Waals surface area (Å²) in [5.74, 6) is -1.75. The molecule has 1 rings (SSSR count). The standard InChI is InChI=1S/C14H16N2O4/c1-16(2)9-12(17)10-3-5-11(6-4-10)15-13(18)7-8-14(19)20/h3-8H,9H2,1-2H3,(H,15,18)(H,19,20)/b8-7+. The number of hydrogen-bond donors (Lipinski definition) is 2. The van der Waals surface area contributed by atoms with E-state index in [1.165, 1.54) is 0 Å². The molecule has 0 saturated carbocycles. The van der Waals surface area contributed by atoms with E-state index in [0.717, 1.165) is 12.2 Å². The van der Waals surface area contributed by atoms with Gasteiger partial charge < -0.3 is 15.3 Å². The molecular weight excluding hydrogens is 260 g/mol. The fourth-order valence-electron chi connectivity index (χ4n) is 1.45. The lowest BCUT2D eigenvalue weighted by Crippen LogP contribution is -2.21. The second-order valence-corrected chi connectivity index (χ2v) is 4.40. The second-order valence-electron chi connectivity index (χ2n) is 4.40. The van der Waals surface area contributed by atoms with Crippen molar-refractivity contribution in [2.24, 2.45) is 0 Å². The smallest absolute Gasteiger partial charge is 0.328 e. The lowest BCUT2D eigenvalue weighted by Gasteiger charge is -2.08. The summed E-state index contributed by atoms with van der Waals surface area (Å²) in [4.78, 5) is 35.1. The molecule has 0 fully saturated rings. The number of carboxylic acids is 1. The molecule has 0 aliphatic carbocycles. The summed E-state index contributed by atoms with van der Waals surface area (Å²) in [6.07, 6.45) is 1.68. The van der Waals surface area contributed by atoms with Crippen molar-refractivity contribution < 1.29 is 19.5 Å². The predicted molar refractivity (Wildman–Crippen MR) is 74.7 cm³/mol. The van der Waals surface area contributed by atoms with Crippen LogP contribution in [0.25, 0.3) is 0 Å². The highest BCUT2D eigenvalue weighted by molar-refractivity contribution is 6.03. The van der Waals surface area contributed by atoms with Gasteiger partial charge in [0.15, 0.2) is 5.78 Å². The summed E-state index contributed by atoms with van der Waals surface area (Å²) in [6.45, 7) is 0.313. The van der Waals surface area contributed by atoms with E-state index in [0.29, 0.717) is 17.8 Å². The van der Waals surface area contributed by atoms with Crippen LogP contribution in [0.2, 0.25) is 0 Å². The van der Waals surface area contributed by atoms with Gasteiger partial charge in [-0.25, -0.2) is 4.79 Å². The number of nitrogens with zero attached hydrogens (tertiary/aromatic N) is 1. The Kier molecular flexibility index (Phi) is 5.61. The molecule has 0 radical (unpaired) electrons. The van der Waals surface area contributed by atoms with Crippen LogP contribution in [-0.2, 0) is 9.59 Å². The van der Waals surface area contributed by atoms with Crippen LogP contribution >= 0.6 is 0 Å². The largest absolute Gasteiger partial charge is 0.478 e. The number of hydrogen-bond acceptors (Lipinski definition) is 4. The number of likely N-dealkylation sites (N-methyl/N-ethyl adjacent to an activating group) is 1. The van der Waals surface area contributed by atoms with E-state index in [1.807, 2.05) is 0 Å². The Balaban J connectivity index is 2.65. The number of ketones is 1. The Labute approximate surface area is 116 Å². The second kappa shape index (κ2) is 7.20. The van der Waals surface area contributed by atoms with Crippen LogP contribution in [0.3, 0.4) is 0 Å². The molecule has 6 nitrogen and oxygen atoms in total. The molecule has 0 unspecified atom stereocenters. The Morgan fingerprint density at radius 1 is 1.15 bits per heavy atom. The van der Waals surface area contributed by atoms with Crippen LogP contribution in [0.1, 0.15) is 10.4 Å². The number of Topliss-reactive ketones (excluding diaryl/α,β-unsaturated/α-hetero) is 1. The lowest BCUT2D eigenvalue weighted by molar-refractivity contribution is -0.131. The maximum absolute atomic E-state index is 11.8. The quantitative estimate of drug-likeness (QED) is 0.598. The third-order valence-corrected chi connectivity index (χ3v) is 2.31. The molecule has 106 valence electrons. The molecule has 0 aliphatic heterocycles. The Bertz CT molecular complexity index is 533. The molecule has 0 aliphatic rings. The zero-order valence-corrected chi connectivity index (χ0v) is 11.3. The van der Waals surface area contributed by atoms with Crippen molar-refractivity contribution in [2.45, 2.75) is 0 Å². The molecule has 0 aromatic heterocycles. The Hall–Kier alpha value is -2.47. The number of rotatable bonds is 6. The van der Waals surface area contributed by atoms with Gasteiger partial charge in [-0.2, -0.15) is 0 Å². The third kappa shape index (κ3) is 5.45. The van der Waals surface area contributed by atoms with Crippen molar-refractivity contribution in [3.63, 3.8) is 0 Å². The van der Waals surface area contributed by atoms with Crippen molar-refractivity contribution in [3.8, 4) is 0 Å². The molecule has 1 amide bonds. The van der Waals surface area contributed by atoms with Gasteiger partial charge in [0.25, 0.3) is 0 Å². The average Bonchev–Trinajstić information content (AvgIpc) is 2.36. The van der Waals surface area contributed by atoms with Crippen LogP contribution in [-0.4, -0.2) is 48.3 Å². The first-order valence-electron chi connectivity index (χ1n) is 5.88. The van der Waals surface area contributed by atoms with Crippen molar-refractivity contribution in [2.75, 3.05) is 26.0 Å². The van der Waals surface area contributed by atoms with E-state index in [4.69, 9.17) is 5.11 Å². The minimum Gasteiger partial charge on any atom is -0.478 e. The van der Waals surface area contributed by atoms with Gasteiger partial charge in [0, 0.05) is 23.4 Å². The SMILES string of the molecule is CN(C)CC(=O)c1ccc(NC(=O)/C=C/C(=O)O)cc1. The minimum atomic E-state index is -1.19. The van der Waals surface area contributed by atoms with Gasteiger partial charge in [-0.15, -0.1) is 0 Å². The molecule has 6 heteroatoms. The first-order valence-corrected chi connectivity index (χ1v) is 5.88. The summed E-state index contributed by atoms with van der Waals surface area (Å²) in [5, 5.41) is 10.9. The first kappa shape index (κ1) is 15.6. The van der Waals surface area contributed by atoms with Gasteiger partial charge in [0.2, 0.25) is 5.91 Å². The Morgan fingerprint density at radius 3 is 2.25 bits per heavy atom. The van der Waals surface area contributed by atoms with Crippen LogP contribution in [0.5, 0.6) is 0 Å². The molecule has 0 atom stereocenters. The van der Waals surface area contributed by atoms with Crippen LogP contribution < -0.4 is 5.32 Å². The van der Waals surface area contributed by atoms with Crippen LogP contribution in [0, 0.1) is 0 Å². The first-order chi connectivity index (χ1) is 9.38. The highest BCUT2D eigenvalue weighted by atomic mass is 16.4. The molecule has 1 aromatic carbocycles. The zero-order chi connectivity index (χ0) is 15.1. The molecule has 1 aromatic rings. The third-order valence-electron chi connectivity index (χ3n) is 2.31. The number of aliphatic carboxylic acids is 1. The highest BCUT2D eigenvalue weighted by Crippen LogP contribution is 2.10. The van der Waals surface area contributed by atoms with Gasteiger partial charge in [0.1, 0.15) is 0 Å². The summed E-state index contributed by atoms with van der Waals surface area (Å²) >= 11 is 0. The molecular formula is C14H16N2O4. The number of carbonyl (C=O) groups excluding carboxylic acids is 2. The number of carboxylic acid groups (broad SMARTS) is 1. The predicted octanol–water partition coefficient (Wildman–Crippen LogP) is 1.01. The molecule has 0 bridgehead atoms. The topological polar surface area (TPSA) is 86.7 Å². The fraction of sp³-hybridized carbons (Fsp3) is 0.214. The van der Waals surface area contributed by atoms with Gasteiger partial charge in [-0.1, -0.05) is 0 Å². The molecule has 0 heterocycles. The van der Waals surface area contributed by atoms with E-state index in [9.17, 15) is 14.4 Å². The van der Waals surface area contributed by atoms with Gasteiger partial charge in [-0.05, 0) is 38.4 Å². The average molecular weight is 276 g/mol. The normalized spacial score (nSPS) is 10.8. The molecule has 0 spiro atoms. The summed E-state index contributed by atoms with van der Waals surface area (Å²) in [5.41, 5.74) is 1.05. The van der Waals surface area contributed by atoms with Crippen LogP contribution in [0.4, 0.5) is 5.69 Å². The number of carbonyl (C=O) groups is 3. The van der Waals surface area contributed by atoms with E-state index in [1.54, 1.807) is 43.3 Å². The van der Waals surface area contributed by atoms with Gasteiger partial charge >= 0.3 is 5.97 Å². The maximum atomic E-state index is 11.8. The number of benzene rings is 1. The van der Waals surface area contributed by atoms with Crippen molar-refractivity contribution in [3.05, 3.63) is 42.0 Å². The van der Waals surface area contributed by atoms with E-state index >= 15 is 0 Å². The van der Waals surface area contributed by atoms with Crippen LogP contribution in [0.15, 0.2) is 36.4 Å². The lowest BCUT2D eigenvalue weighted by atomic mass is 10.1. The maximum Gasteiger partial charge on any atom is 0.328 e. The van der Waals surface area contributed by atoms with E-state index < -0.39 is 11.9 Å². The monoisotopic (exact) mass is 276 g/mol. The molecule has 2 N–H and O–H groups in total. The summed E-state index contributed by atoms with van der Waals surface area (Å²) in [6, 6.07) is 6.41. The van der Waals surface area contributed by atoms with E-state index in [2.05, 4.69) is 5.32 Å². The summed E-state index contributed by atoms with van der Waals surface area (Å²) in [7, 11) is 3.61. The van der Waals surface area contributed by atoms with Crippen molar-refractivity contribution in [1.29, 1.82) is 0 Å². The summed E-state index contributed by atoms with van der Waals surface area (Å²) < 4.78 is 0. The molecule has 20 heavy (non-hydrogen) atoms. The van der Waals surface area contributed by atoms with Gasteiger partial charge in [0.05, 0.1) is 6.54 Å². The number of anilines is 1.